The summed E-state index contributed by atoms with van der Waals surface area (Å²) in [5.41, 5.74) is -0.689. The summed E-state index contributed by atoms with van der Waals surface area (Å²) in [5.74, 6) is -4.84. The molecule has 1 aromatic rings. The van der Waals surface area contributed by atoms with Gasteiger partial charge in [0.25, 0.3) is 0 Å². The Morgan fingerprint density at radius 1 is 1.16 bits per heavy atom. The van der Waals surface area contributed by atoms with Gasteiger partial charge in [0.2, 0.25) is 10.0 Å². The number of hydrogen-bond donors (Lipinski definition) is 3. The van der Waals surface area contributed by atoms with Crippen molar-refractivity contribution in [2.24, 2.45) is 5.14 Å². The van der Waals surface area contributed by atoms with Crippen molar-refractivity contribution in [2.45, 2.75) is 61.3 Å². The average molecular weight is 483 g/mol. The predicted octanol–water partition coefficient (Wildman–Crippen LogP) is 2.47. The molecule has 2 rings (SSSR count). The molecular weight excluding hydrogens is 454 g/mol. The Morgan fingerprint density at radius 2 is 1.87 bits per heavy atom. The van der Waals surface area contributed by atoms with E-state index in [0.29, 0.717) is 12.8 Å². The highest BCUT2D eigenvalue weighted by Crippen LogP contribution is 2.42. The molecule has 31 heavy (non-hydrogen) atoms. The number of hydrogen-bond acceptors (Lipinski definition) is 7. The minimum absolute atomic E-state index is 0.181. The first-order valence-corrected chi connectivity index (χ1v) is 13.2. The van der Waals surface area contributed by atoms with E-state index in [4.69, 9.17) is 15.0 Å². The van der Waals surface area contributed by atoms with Crippen molar-refractivity contribution in [1.82, 2.24) is 0 Å². The van der Waals surface area contributed by atoms with Crippen LogP contribution in [-0.2, 0) is 19.9 Å². The molecule has 1 atom stereocenters. The van der Waals surface area contributed by atoms with Crippen LogP contribution in [0, 0.1) is 11.6 Å². The van der Waals surface area contributed by atoms with Crippen LogP contribution in [0.2, 0.25) is 0 Å². The van der Waals surface area contributed by atoms with E-state index in [0.717, 1.165) is 19.3 Å². The molecule has 12 heteroatoms. The molecule has 0 aliphatic heterocycles. The topological polar surface area (TPSA) is 136 Å². The van der Waals surface area contributed by atoms with Crippen molar-refractivity contribution in [2.75, 3.05) is 24.3 Å². The van der Waals surface area contributed by atoms with Gasteiger partial charge in [-0.2, -0.15) is 0 Å². The zero-order valence-corrected chi connectivity index (χ0v) is 18.9. The summed E-state index contributed by atoms with van der Waals surface area (Å²) in [6, 6.07) is -0.425. The van der Waals surface area contributed by atoms with Gasteiger partial charge in [0.15, 0.2) is 32.1 Å². The molecule has 0 fully saturated rings. The number of sulfone groups is 1. The monoisotopic (exact) mass is 482 g/mol. The quantitative estimate of drug-likeness (QED) is 0.460. The first-order chi connectivity index (χ1) is 14.5. The van der Waals surface area contributed by atoms with E-state index in [-0.39, 0.29) is 13.0 Å². The lowest BCUT2D eigenvalue weighted by Gasteiger charge is -2.25. The largest absolute Gasteiger partial charge is 0.489 e. The maximum absolute atomic E-state index is 15.4. The van der Waals surface area contributed by atoms with Crippen LogP contribution < -0.4 is 15.2 Å². The van der Waals surface area contributed by atoms with Crippen molar-refractivity contribution in [1.29, 1.82) is 0 Å². The normalized spacial score (nSPS) is 18.8. The average Bonchev–Trinajstić information content (AvgIpc) is 2.64. The van der Waals surface area contributed by atoms with E-state index < -0.39 is 71.1 Å². The van der Waals surface area contributed by atoms with E-state index >= 15 is 8.78 Å². The zero-order valence-electron chi connectivity index (χ0n) is 17.2. The van der Waals surface area contributed by atoms with E-state index in [1.807, 2.05) is 12.2 Å². The van der Waals surface area contributed by atoms with Crippen LogP contribution in [0.15, 0.2) is 21.9 Å². The summed E-state index contributed by atoms with van der Waals surface area (Å²) >= 11 is 0. The Kier molecular flexibility index (Phi) is 8.81. The lowest BCUT2D eigenvalue weighted by atomic mass is 10.0. The third kappa shape index (κ3) is 6.15. The molecule has 4 N–H and O–H groups in total. The summed E-state index contributed by atoms with van der Waals surface area (Å²) in [6.45, 7) is 0.774. The second-order valence-electron chi connectivity index (χ2n) is 7.20. The number of sulfonamides is 1. The van der Waals surface area contributed by atoms with Crippen LogP contribution in [0.1, 0.15) is 45.4 Å². The minimum atomic E-state index is -4.88. The Balaban J connectivity index is 2.80. The Morgan fingerprint density at radius 3 is 2.48 bits per heavy atom. The molecule has 0 aromatic heterocycles. The molecule has 0 spiro atoms. The number of rotatable bonds is 9. The molecule has 176 valence electrons. The van der Waals surface area contributed by atoms with Crippen molar-refractivity contribution < 1.29 is 35.5 Å². The fourth-order valence-electron chi connectivity index (χ4n) is 3.42. The van der Waals surface area contributed by atoms with Gasteiger partial charge in [0, 0.05) is 12.6 Å². The summed E-state index contributed by atoms with van der Waals surface area (Å²) in [7, 11) is -9.24. The molecule has 1 aliphatic rings. The van der Waals surface area contributed by atoms with E-state index in [2.05, 4.69) is 5.32 Å². The number of aliphatic hydroxyl groups excluding tert-OH is 1. The van der Waals surface area contributed by atoms with Crippen molar-refractivity contribution >= 4 is 25.5 Å². The molecule has 1 aliphatic carbocycles. The molecule has 8 nitrogen and oxygen atoms in total. The van der Waals surface area contributed by atoms with Crippen LogP contribution >= 0.6 is 0 Å². The zero-order chi connectivity index (χ0) is 23.2. The molecule has 1 aromatic carbocycles. The highest BCUT2D eigenvalue weighted by molar-refractivity contribution is 7.91. The lowest BCUT2D eigenvalue weighted by Crippen LogP contribution is -2.26. The minimum Gasteiger partial charge on any atom is -0.489 e. The van der Waals surface area contributed by atoms with Gasteiger partial charge >= 0.3 is 0 Å². The number of anilines is 1. The van der Waals surface area contributed by atoms with E-state index in [1.54, 1.807) is 0 Å². The number of nitrogens with one attached hydrogen (secondary N) is 1. The summed E-state index contributed by atoms with van der Waals surface area (Å²) in [6.07, 6.45) is 7.18. The maximum Gasteiger partial charge on any atom is 0.244 e. The van der Waals surface area contributed by atoms with Gasteiger partial charge in [-0.3, -0.25) is 0 Å². The molecule has 0 bridgehead atoms. The molecule has 0 unspecified atom stereocenters. The highest BCUT2D eigenvalue weighted by Gasteiger charge is 2.37. The van der Waals surface area contributed by atoms with Gasteiger partial charge < -0.3 is 15.2 Å². The van der Waals surface area contributed by atoms with Gasteiger partial charge in [-0.15, -0.1) is 0 Å². The predicted molar refractivity (Wildman–Crippen MR) is 112 cm³/mol. The summed E-state index contributed by atoms with van der Waals surface area (Å²) < 4.78 is 85.3. The van der Waals surface area contributed by atoms with Crippen LogP contribution in [-0.4, -0.2) is 47.0 Å². The number of allylic oxidation sites excluding steroid dienone is 1. The van der Waals surface area contributed by atoms with Gasteiger partial charge in [-0.25, -0.2) is 30.8 Å². The van der Waals surface area contributed by atoms with Gasteiger partial charge in [0.05, 0.1) is 18.0 Å². The summed E-state index contributed by atoms with van der Waals surface area (Å²) in [5, 5.41) is 16.8. The number of aliphatic hydroxyl groups is 1. The molecule has 0 heterocycles. The Bertz CT molecular complexity index is 1030. The number of primary sulfonamides is 1. The van der Waals surface area contributed by atoms with Crippen LogP contribution in [0.4, 0.5) is 14.5 Å². The number of ether oxygens (including phenoxy) is 1. The third-order valence-corrected chi connectivity index (χ3v) is 7.58. The van der Waals surface area contributed by atoms with Gasteiger partial charge in [-0.1, -0.05) is 18.6 Å². The van der Waals surface area contributed by atoms with E-state index in [1.165, 1.54) is 6.92 Å². The SMILES string of the molecule is CCOc1c(F)c(S(N)(=O)=O)c(F)c(N[C@@H]2C/C=C/CCCC2)c1S(=O)(=O)CCCO. The molecule has 0 amide bonds. The second kappa shape index (κ2) is 10.7. The Labute approximate surface area is 181 Å². The second-order valence-corrected chi connectivity index (χ2v) is 10.7. The molecule has 0 saturated heterocycles. The maximum atomic E-state index is 15.4. The summed E-state index contributed by atoms with van der Waals surface area (Å²) in [4.78, 5) is -2.27. The van der Waals surface area contributed by atoms with Gasteiger partial charge in [0.1, 0.15) is 4.90 Å². The molecular formula is C19H28F2N2O6S2. The van der Waals surface area contributed by atoms with Crippen LogP contribution in [0.5, 0.6) is 5.75 Å². The molecule has 0 saturated carbocycles. The standard InChI is InChI=1S/C19H28F2N2O6S2/c1-2-29-17-15(21)18(31(22,27)28)14(20)16(19(17)30(25,26)12-8-11-24)23-13-9-6-4-3-5-7-10-13/h4,6,13,23-24H,2-3,5,7-12H2,1H3,(H2,22,27,28)/b6-4+/t13-/m1/s1. The fourth-order valence-corrected chi connectivity index (χ4v) is 5.71. The first-order valence-electron chi connectivity index (χ1n) is 10.00. The smallest absolute Gasteiger partial charge is 0.244 e. The number of halogens is 2. The van der Waals surface area contributed by atoms with Crippen LogP contribution in [0.3, 0.4) is 0 Å². The molecule has 0 radical (unpaired) electrons. The van der Waals surface area contributed by atoms with E-state index in [9.17, 15) is 16.8 Å². The lowest BCUT2D eigenvalue weighted by molar-refractivity contribution is 0.294. The highest BCUT2D eigenvalue weighted by atomic mass is 32.2. The van der Waals surface area contributed by atoms with Crippen molar-refractivity contribution in [3.8, 4) is 5.75 Å². The number of nitrogens with two attached hydrogens (primary N) is 1. The number of benzene rings is 1. The van der Waals surface area contributed by atoms with Crippen molar-refractivity contribution in [3.05, 3.63) is 23.8 Å². The third-order valence-electron chi connectivity index (χ3n) is 4.82. The fraction of sp³-hybridized carbons (Fsp3) is 0.579. The Hall–Kier alpha value is -1.76. The van der Waals surface area contributed by atoms with Crippen LogP contribution in [0.25, 0.3) is 0 Å². The van der Waals surface area contributed by atoms with Crippen molar-refractivity contribution in [3.63, 3.8) is 0 Å². The first kappa shape index (κ1) is 25.5. The van der Waals surface area contributed by atoms with Gasteiger partial charge in [-0.05, 0) is 39.0 Å².